The number of carboxylic acid groups (broad SMARTS) is 1. The highest BCUT2D eigenvalue weighted by atomic mass is 16.5. The first kappa shape index (κ1) is 18.7. The summed E-state index contributed by atoms with van der Waals surface area (Å²) in [6.45, 7) is 0.936. The number of aliphatic carboxylic acids is 1. The molecule has 0 saturated carbocycles. The predicted octanol–water partition coefficient (Wildman–Crippen LogP) is 2.60. The number of methoxy groups -OCH3 is 1. The molecule has 1 aliphatic heterocycles. The van der Waals surface area contributed by atoms with Crippen molar-refractivity contribution in [3.63, 3.8) is 0 Å². The number of amides is 1. The Morgan fingerprint density at radius 2 is 2.04 bits per heavy atom. The molecule has 2 aliphatic rings. The minimum absolute atomic E-state index is 0.0359. The molecule has 6 heteroatoms. The molecule has 1 heterocycles. The van der Waals surface area contributed by atoms with Gasteiger partial charge in [-0.25, -0.2) is 0 Å². The molecule has 1 atom stereocenters. The fourth-order valence-electron chi connectivity index (χ4n) is 4.12. The minimum atomic E-state index is -0.960. The Labute approximate surface area is 154 Å². The van der Waals surface area contributed by atoms with E-state index in [-0.39, 0.29) is 24.4 Å². The summed E-state index contributed by atoms with van der Waals surface area (Å²) in [6, 6.07) is 6.02. The summed E-state index contributed by atoms with van der Waals surface area (Å²) in [6.07, 6.45) is 4.77. The molecule has 26 heavy (non-hydrogen) atoms. The van der Waals surface area contributed by atoms with E-state index in [1.165, 1.54) is 11.1 Å². The van der Waals surface area contributed by atoms with Crippen LogP contribution in [0.4, 0.5) is 0 Å². The fourth-order valence-corrected chi connectivity index (χ4v) is 4.12. The normalized spacial score (nSPS) is 20.3. The highest BCUT2D eigenvalue weighted by molar-refractivity contribution is 5.82. The van der Waals surface area contributed by atoms with Crippen molar-refractivity contribution in [3.8, 4) is 5.75 Å². The lowest BCUT2D eigenvalue weighted by molar-refractivity contribution is -0.148. The lowest BCUT2D eigenvalue weighted by atomic mass is 9.80. The van der Waals surface area contributed by atoms with Gasteiger partial charge in [-0.3, -0.25) is 9.59 Å². The van der Waals surface area contributed by atoms with E-state index in [1.807, 2.05) is 6.07 Å². The molecule has 0 radical (unpaired) electrons. The first-order valence-corrected chi connectivity index (χ1v) is 9.34. The lowest BCUT2D eigenvalue weighted by Crippen LogP contribution is -2.46. The average Bonchev–Trinajstić information content (AvgIpc) is 2.66. The smallest absolute Gasteiger partial charge is 0.323 e. The molecule has 142 valence electrons. The maximum atomic E-state index is 13.0. The zero-order valence-corrected chi connectivity index (χ0v) is 15.3. The van der Waals surface area contributed by atoms with Gasteiger partial charge in [-0.1, -0.05) is 6.07 Å². The number of nitrogens with zero attached hydrogens (tertiary/aromatic N) is 1. The number of hydrogen-bond acceptors (Lipinski definition) is 4. The van der Waals surface area contributed by atoms with Crippen LogP contribution in [0.1, 0.15) is 49.1 Å². The molecule has 1 aliphatic carbocycles. The third kappa shape index (κ3) is 4.36. The largest absolute Gasteiger partial charge is 0.497 e. The van der Waals surface area contributed by atoms with Crippen LogP contribution in [-0.4, -0.2) is 54.8 Å². The lowest BCUT2D eigenvalue weighted by Gasteiger charge is -2.35. The number of carbonyl (C=O) groups is 2. The molecular weight excluding hydrogens is 334 g/mol. The summed E-state index contributed by atoms with van der Waals surface area (Å²) in [5.74, 6) is -0.0367. The van der Waals surface area contributed by atoms with Gasteiger partial charge in [0.25, 0.3) is 0 Å². The monoisotopic (exact) mass is 361 g/mol. The zero-order valence-electron chi connectivity index (χ0n) is 15.3. The number of fused-ring (bicyclic) bond motifs is 1. The summed E-state index contributed by atoms with van der Waals surface area (Å²) in [4.78, 5) is 25.8. The predicted molar refractivity (Wildman–Crippen MR) is 96.5 cm³/mol. The van der Waals surface area contributed by atoms with E-state index >= 15 is 0 Å². The molecule has 1 unspecified atom stereocenters. The molecule has 1 N–H and O–H groups in total. The van der Waals surface area contributed by atoms with Crippen LogP contribution >= 0.6 is 0 Å². The maximum absolute atomic E-state index is 13.0. The number of aryl methyl sites for hydroxylation is 1. The first-order valence-electron chi connectivity index (χ1n) is 9.34. The van der Waals surface area contributed by atoms with Gasteiger partial charge in [-0.15, -0.1) is 0 Å². The Bertz CT molecular complexity index is 654. The topological polar surface area (TPSA) is 76.1 Å². The Hall–Kier alpha value is -2.08. The van der Waals surface area contributed by atoms with Crippen molar-refractivity contribution < 1.29 is 24.2 Å². The third-order valence-corrected chi connectivity index (χ3v) is 5.47. The first-order chi connectivity index (χ1) is 12.6. The number of ether oxygens (including phenoxy) is 2. The second-order valence-corrected chi connectivity index (χ2v) is 7.12. The van der Waals surface area contributed by atoms with Gasteiger partial charge in [-0.2, -0.15) is 0 Å². The van der Waals surface area contributed by atoms with Crippen molar-refractivity contribution in [2.24, 2.45) is 0 Å². The minimum Gasteiger partial charge on any atom is -0.497 e. The number of rotatable bonds is 6. The van der Waals surface area contributed by atoms with E-state index in [9.17, 15) is 14.7 Å². The Kier molecular flexibility index (Phi) is 6.14. The molecule has 1 amide bonds. The van der Waals surface area contributed by atoms with Crippen LogP contribution < -0.4 is 4.74 Å². The molecule has 1 aromatic carbocycles. The van der Waals surface area contributed by atoms with E-state index in [1.54, 1.807) is 12.0 Å². The van der Waals surface area contributed by atoms with Gasteiger partial charge in [0.1, 0.15) is 12.3 Å². The van der Waals surface area contributed by atoms with Crippen LogP contribution in [0.2, 0.25) is 0 Å². The van der Waals surface area contributed by atoms with Gasteiger partial charge in [0.2, 0.25) is 5.91 Å². The standard InChI is InChI=1S/C20H27NO5/c1-25-17-5-6-18-14(11-17)3-2-4-15(18)12-19(22)21(13-20(23)24)16-7-9-26-10-8-16/h5-6,11,15-16H,2-4,7-10,12-13H2,1H3,(H,23,24). The van der Waals surface area contributed by atoms with Crippen molar-refractivity contribution in [2.75, 3.05) is 26.9 Å². The van der Waals surface area contributed by atoms with Gasteiger partial charge >= 0.3 is 5.97 Å². The maximum Gasteiger partial charge on any atom is 0.323 e. The van der Waals surface area contributed by atoms with Crippen molar-refractivity contribution in [1.29, 1.82) is 0 Å². The van der Waals surface area contributed by atoms with Crippen LogP contribution in [-0.2, 0) is 20.7 Å². The van der Waals surface area contributed by atoms with Gasteiger partial charge in [0.05, 0.1) is 7.11 Å². The SMILES string of the molecule is COc1ccc2c(c1)CCCC2CC(=O)N(CC(=O)O)C1CCOCC1. The number of hydrogen-bond donors (Lipinski definition) is 1. The van der Waals surface area contributed by atoms with Crippen LogP contribution in [0.15, 0.2) is 18.2 Å². The van der Waals surface area contributed by atoms with Crippen molar-refractivity contribution in [1.82, 2.24) is 4.90 Å². The van der Waals surface area contributed by atoms with Gasteiger partial charge in [0, 0.05) is 25.7 Å². The van der Waals surface area contributed by atoms with E-state index < -0.39 is 5.97 Å². The molecule has 6 nitrogen and oxygen atoms in total. The molecule has 1 saturated heterocycles. The van der Waals surface area contributed by atoms with Gasteiger partial charge in [0.15, 0.2) is 0 Å². The number of carbonyl (C=O) groups excluding carboxylic acids is 1. The summed E-state index contributed by atoms with van der Waals surface area (Å²) in [5.41, 5.74) is 2.44. The second-order valence-electron chi connectivity index (χ2n) is 7.12. The van der Waals surface area contributed by atoms with Crippen LogP contribution in [0, 0.1) is 0 Å². The van der Waals surface area contributed by atoms with Gasteiger partial charge in [-0.05, 0) is 61.3 Å². The summed E-state index contributed by atoms with van der Waals surface area (Å²) >= 11 is 0. The zero-order chi connectivity index (χ0) is 18.5. The van der Waals surface area contributed by atoms with E-state index in [0.717, 1.165) is 25.0 Å². The quantitative estimate of drug-likeness (QED) is 0.843. The van der Waals surface area contributed by atoms with Crippen molar-refractivity contribution in [2.45, 2.75) is 50.5 Å². The van der Waals surface area contributed by atoms with E-state index in [0.29, 0.717) is 32.5 Å². The summed E-state index contributed by atoms with van der Waals surface area (Å²) in [7, 11) is 1.66. The highest BCUT2D eigenvalue weighted by Gasteiger charge is 2.31. The van der Waals surface area contributed by atoms with Gasteiger partial charge < -0.3 is 19.5 Å². The average molecular weight is 361 g/mol. The number of benzene rings is 1. The second kappa shape index (κ2) is 8.54. The molecule has 1 aromatic rings. The fraction of sp³-hybridized carbons (Fsp3) is 0.600. The summed E-state index contributed by atoms with van der Waals surface area (Å²) < 4.78 is 10.7. The van der Waals surface area contributed by atoms with E-state index in [4.69, 9.17) is 9.47 Å². The highest BCUT2D eigenvalue weighted by Crippen LogP contribution is 2.36. The Morgan fingerprint density at radius 3 is 2.73 bits per heavy atom. The Balaban J connectivity index is 1.74. The van der Waals surface area contributed by atoms with E-state index in [2.05, 4.69) is 12.1 Å². The van der Waals surface area contributed by atoms with Crippen LogP contribution in [0.25, 0.3) is 0 Å². The molecule has 0 aromatic heterocycles. The molecule has 0 spiro atoms. The molecule has 3 rings (SSSR count). The molecule has 1 fully saturated rings. The number of carboxylic acids is 1. The van der Waals surface area contributed by atoms with Crippen LogP contribution in [0.3, 0.4) is 0 Å². The van der Waals surface area contributed by atoms with Crippen molar-refractivity contribution >= 4 is 11.9 Å². The summed E-state index contributed by atoms with van der Waals surface area (Å²) in [5, 5.41) is 9.25. The Morgan fingerprint density at radius 1 is 1.27 bits per heavy atom. The van der Waals surface area contributed by atoms with Crippen molar-refractivity contribution in [3.05, 3.63) is 29.3 Å². The third-order valence-electron chi connectivity index (χ3n) is 5.47. The molecular formula is C20H27NO5. The molecule has 0 bridgehead atoms. The van der Waals surface area contributed by atoms with Crippen LogP contribution in [0.5, 0.6) is 5.75 Å².